The topological polar surface area (TPSA) is 24.9 Å². The summed E-state index contributed by atoms with van der Waals surface area (Å²) in [6.07, 6.45) is 6.12. The van der Waals surface area contributed by atoms with Crippen LogP contribution in [0.3, 0.4) is 0 Å². The number of nitrogens with one attached hydrogen (secondary N) is 1. The zero-order chi connectivity index (χ0) is 11.7. The maximum absolute atomic E-state index is 4.03. The molecule has 0 saturated carbocycles. The molecule has 2 heterocycles. The summed E-state index contributed by atoms with van der Waals surface area (Å²) in [7, 11) is 0. The molecule has 1 atom stereocenters. The lowest BCUT2D eigenvalue weighted by atomic mass is 10.2. The molecular weight excluding hydrogens is 184 g/mol. The Morgan fingerprint density at radius 1 is 1.40 bits per heavy atom. The minimum atomic E-state index is 0.583. The SMILES string of the molecule is CC.CC1Cc2ccncc2N1.CCC. The Morgan fingerprint density at radius 2 is 2.00 bits per heavy atom. The zero-order valence-corrected chi connectivity index (χ0v) is 10.7. The standard InChI is InChI=1S/C8H10N2.C3H8.C2H6/c1-6-4-7-2-3-9-5-8(7)10-6;1-3-2;1-2/h2-3,5-6,10H,4H2,1H3;3H2,1-2H3;1-2H3. The molecule has 1 aliphatic rings. The molecule has 2 rings (SSSR count). The number of nitrogens with zero attached hydrogens (tertiary/aromatic N) is 1. The van der Waals surface area contributed by atoms with E-state index in [4.69, 9.17) is 0 Å². The first kappa shape index (κ1) is 13.9. The lowest BCUT2D eigenvalue weighted by Crippen LogP contribution is -2.08. The molecule has 0 aromatic carbocycles. The first-order valence-corrected chi connectivity index (χ1v) is 5.97. The van der Waals surface area contributed by atoms with Crippen LogP contribution in [0, 0.1) is 0 Å². The van der Waals surface area contributed by atoms with Crippen molar-refractivity contribution >= 4 is 5.69 Å². The van der Waals surface area contributed by atoms with Crippen LogP contribution in [0.4, 0.5) is 5.69 Å². The lowest BCUT2D eigenvalue weighted by Gasteiger charge is -1.99. The second kappa shape index (κ2) is 8.27. The fourth-order valence-corrected chi connectivity index (χ4v) is 1.38. The van der Waals surface area contributed by atoms with Gasteiger partial charge in [-0.15, -0.1) is 0 Å². The fraction of sp³-hybridized carbons (Fsp3) is 0.615. The Morgan fingerprint density at radius 3 is 2.53 bits per heavy atom. The largest absolute Gasteiger partial charge is 0.381 e. The summed E-state index contributed by atoms with van der Waals surface area (Å²) in [5, 5.41) is 3.33. The number of pyridine rings is 1. The van der Waals surface area contributed by atoms with E-state index in [1.165, 1.54) is 17.7 Å². The Kier molecular flexibility index (Phi) is 7.69. The molecule has 1 aliphatic heterocycles. The van der Waals surface area contributed by atoms with Crippen molar-refractivity contribution in [2.24, 2.45) is 0 Å². The predicted octanol–water partition coefficient (Wildman–Crippen LogP) is 3.88. The number of anilines is 1. The lowest BCUT2D eigenvalue weighted by molar-refractivity contribution is 0.839. The van der Waals surface area contributed by atoms with Gasteiger partial charge in [-0.3, -0.25) is 4.98 Å². The molecule has 86 valence electrons. The van der Waals surface area contributed by atoms with Gasteiger partial charge in [0, 0.05) is 12.2 Å². The van der Waals surface area contributed by atoms with Gasteiger partial charge in [0.25, 0.3) is 0 Å². The molecule has 0 amide bonds. The zero-order valence-electron chi connectivity index (χ0n) is 10.7. The number of rotatable bonds is 0. The molecule has 0 saturated heterocycles. The quantitative estimate of drug-likeness (QED) is 0.700. The molecule has 1 N–H and O–H groups in total. The Labute approximate surface area is 94.1 Å². The van der Waals surface area contributed by atoms with Crippen LogP contribution in [-0.4, -0.2) is 11.0 Å². The third-order valence-electron chi connectivity index (χ3n) is 1.84. The molecule has 1 unspecified atom stereocenters. The van der Waals surface area contributed by atoms with Gasteiger partial charge in [-0.1, -0.05) is 34.1 Å². The van der Waals surface area contributed by atoms with Crippen LogP contribution in [0.2, 0.25) is 0 Å². The first-order chi connectivity index (χ1) is 7.27. The highest BCUT2D eigenvalue weighted by Crippen LogP contribution is 2.23. The smallest absolute Gasteiger partial charge is 0.0562 e. The molecule has 0 fully saturated rings. The molecule has 2 nitrogen and oxygen atoms in total. The maximum Gasteiger partial charge on any atom is 0.0562 e. The maximum atomic E-state index is 4.03. The van der Waals surface area contributed by atoms with Crippen molar-refractivity contribution in [2.45, 2.75) is 53.5 Å². The highest BCUT2D eigenvalue weighted by atomic mass is 15.0. The molecule has 2 heteroatoms. The summed E-state index contributed by atoms with van der Waals surface area (Å²) in [5.74, 6) is 0. The third-order valence-corrected chi connectivity index (χ3v) is 1.84. The Bertz CT molecular complexity index is 233. The van der Waals surface area contributed by atoms with Crippen LogP contribution in [0.5, 0.6) is 0 Å². The van der Waals surface area contributed by atoms with Gasteiger partial charge in [0.05, 0.1) is 11.9 Å². The summed E-state index contributed by atoms with van der Waals surface area (Å²) >= 11 is 0. The highest BCUT2D eigenvalue weighted by molar-refractivity contribution is 5.54. The second-order valence-electron chi connectivity index (χ2n) is 3.49. The monoisotopic (exact) mass is 208 g/mol. The molecule has 0 radical (unpaired) electrons. The van der Waals surface area contributed by atoms with E-state index in [9.17, 15) is 0 Å². The predicted molar refractivity (Wildman–Crippen MR) is 68.3 cm³/mol. The molecule has 1 aromatic heterocycles. The summed E-state index contributed by atoms with van der Waals surface area (Å²) in [5.41, 5.74) is 2.59. The van der Waals surface area contributed by atoms with Crippen LogP contribution in [0.25, 0.3) is 0 Å². The van der Waals surface area contributed by atoms with Crippen molar-refractivity contribution in [3.63, 3.8) is 0 Å². The number of fused-ring (bicyclic) bond motifs is 1. The van der Waals surface area contributed by atoms with E-state index in [-0.39, 0.29) is 0 Å². The Hall–Kier alpha value is -1.05. The molecule has 0 aliphatic carbocycles. The van der Waals surface area contributed by atoms with E-state index in [2.05, 4.69) is 37.1 Å². The van der Waals surface area contributed by atoms with Crippen LogP contribution in [0.15, 0.2) is 18.5 Å². The van der Waals surface area contributed by atoms with E-state index in [0.29, 0.717) is 6.04 Å². The van der Waals surface area contributed by atoms with Crippen molar-refractivity contribution in [2.75, 3.05) is 5.32 Å². The number of hydrogen-bond donors (Lipinski definition) is 1. The van der Waals surface area contributed by atoms with Crippen LogP contribution in [-0.2, 0) is 6.42 Å². The highest BCUT2D eigenvalue weighted by Gasteiger charge is 2.14. The Balaban J connectivity index is 0.000000342. The number of aromatic nitrogens is 1. The molecule has 15 heavy (non-hydrogen) atoms. The second-order valence-corrected chi connectivity index (χ2v) is 3.49. The average molecular weight is 208 g/mol. The van der Waals surface area contributed by atoms with Crippen molar-refractivity contribution in [3.05, 3.63) is 24.0 Å². The van der Waals surface area contributed by atoms with Gasteiger partial charge in [0.1, 0.15) is 0 Å². The molecule has 1 aromatic rings. The van der Waals surface area contributed by atoms with Gasteiger partial charge in [0.15, 0.2) is 0 Å². The summed E-state index contributed by atoms with van der Waals surface area (Å²) in [6.45, 7) is 10.4. The van der Waals surface area contributed by atoms with Gasteiger partial charge < -0.3 is 5.32 Å². The summed E-state index contributed by atoms with van der Waals surface area (Å²) < 4.78 is 0. The summed E-state index contributed by atoms with van der Waals surface area (Å²) in [4.78, 5) is 4.03. The average Bonchev–Trinajstić information content (AvgIpc) is 2.62. The van der Waals surface area contributed by atoms with E-state index < -0.39 is 0 Å². The third kappa shape index (κ3) is 4.82. The van der Waals surface area contributed by atoms with E-state index >= 15 is 0 Å². The van der Waals surface area contributed by atoms with Crippen molar-refractivity contribution in [3.8, 4) is 0 Å². The van der Waals surface area contributed by atoms with Crippen LogP contribution in [0.1, 0.15) is 46.6 Å². The van der Waals surface area contributed by atoms with Gasteiger partial charge >= 0.3 is 0 Å². The molecular formula is C13H24N2. The van der Waals surface area contributed by atoms with Gasteiger partial charge in [-0.2, -0.15) is 0 Å². The van der Waals surface area contributed by atoms with Gasteiger partial charge in [-0.25, -0.2) is 0 Å². The van der Waals surface area contributed by atoms with Crippen molar-refractivity contribution < 1.29 is 0 Å². The van der Waals surface area contributed by atoms with Crippen molar-refractivity contribution in [1.29, 1.82) is 0 Å². The van der Waals surface area contributed by atoms with Gasteiger partial charge in [-0.05, 0) is 25.0 Å². The van der Waals surface area contributed by atoms with E-state index in [0.717, 1.165) is 6.42 Å². The van der Waals surface area contributed by atoms with Crippen LogP contribution >= 0.6 is 0 Å². The molecule has 0 spiro atoms. The first-order valence-electron chi connectivity index (χ1n) is 5.97. The minimum absolute atomic E-state index is 0.583. The van der Waals surface area contributed by atoms with E-state index in [1.54, 1.807) is 0 Å². The van der Waals surface area contributed by atoms with Crippen molar-refractivity contribution in [1.82, 2.24) is 4.98 Å². The normalized spacial score (nSPS) is 16.2. The molecule has 0 bridgehead atoms. The fourth-order valence-electron chi connectivity index (χ4n) is 1.38. The van der Waals surface area contributed by atoms with Crippen LogP contribution < -0.4 is 5.32 Å². The summed E-state index contributed by atoms with van der Waals surface area (Å²) in [6, 6.07) is 2.66. The van der Waals surface area contributed by atoms with E-state index in [1.807, 2.05) is 26.2 Å². The minimum Gasteiger partial charge on any atom is -0.381 e. The van der Waals surface area contributed by atoms with Gasteiger partial charge in [0.2, 0.25) is 0 Å². The number of hydrogen-bond acceptors (Lipinski definition) is 2.